The van der Waals surface area contributed by atoms with Crippen LogP contribution in [0.4, 0.5) is 4.79 Å². The lowest BCUT2D eigenvalue weighted by molar-refractivity contribution is -0.257. The summed E-state index contributed by atoms with van der Waals surface area (Å²) in [6.45, 7) is 5.67. The summed E-state index contributed by atoms with van der Waals surface area (Å²) >= 11 is 0. The second-order valence-corrected chi connectivity index (χ2v) is 7.58. The van der Waals surface area contributed by atoms with Gasteiger partial charge >= 0.3 is 6.09 Å². The Kier molecular flexibility index (Phi) is 5.32. The summed E-state index contributed by atoms with van der Waals surface area (Å²) < 4.78 is 16.5. The SMILES string of the molecule is CO[C@@H]1O[C@@H]2ON(C(=O)OC(C)(C)C)C[C@@H]2[C@@H]1CC(=O)c1ccccc1. The number of ketones is 1. The van der Waals surface area contributed by atoms with E-state index in [9.17, 15) is 9.59 Å². The fraction of sp³-hybridized carbons (Fsp3) is 0.579. The minimum Gasteiger partial charge on any atom is -0.442 e. The number of ether oxygens (including phenoxy) is 3. The molecule has 0 aromatic heterocycles. The van der Waals surface area contributed by atoms with Gasteiger partial charge in [0.05, 0.1) is 6.54 Å². The van der Waals surface area contributed by atoms with E-state index >= 15 is 0 Å². The van der Waals surface area contributed by atoms with Crippen molar-refractivity contribution < 1.29 is 28.6 Å². The third-order valence-corrected chi connectivity index (χ3v) is 4.47. The van der Waals surface area contributed by atoms with Crippen molar-refractivity contribution in [2.24, 2.45) is 11.8 Å². The highest BCUT2D eigenvalue weighted by atomic mass is 16.9. The van der Waals surface area contributed by atoms with Gasteiger partial charge < -0.3 is 14.2 Å². The number of carbonyl (C=O) groups excluding carboxylic acids is 2. The number of methoxy groups -OCH3 is 1. The number of benzene rings is 1. The first-order chi connectivity index (χ1) is 12.3. The number of hydrogen-bond donors (Lipinski definition) is 0. The third kappa shape index (κ3) is 4.06. The molecule has 2 fully saturated rings. The Balaban J connectivity index is 1.68. The van der Waals surface area contributed by atoms with Crippen molar-refractivity contribution in [2.45, 2.75) is 45.4 Å². The Morgan fingerprint density at radius 2 is 1.92 bits per heavy atom. The van der Waals surface area contributed by atoms with Crippen LogP contribution in [0.3, 0.4) is 0 Å². The van der Waals surface area contributed by atoms with E-state index in [1.807, 2.05) is 18.2 Å². The van der Waals surface area contributed by atoms with Crippen molar-refractivity contribution in [1.29, 1.82) is 0 Å². The highest BCUT2D eigenvalue weighted by molar-refractivity contribution is 5.96. The summed E-state index contributed by atoms with van der Waals surface area (Å²) in [6, 6.07) is 9.11. The lowest BCUT2D eigenvalue weighted by Gasteiger charge is -2.25. The van der Waals surface area contributed by atoms with Crippen LogP contribution in [-0.2, 0) is 19.0 Å². The second kappa shape index (κ2) is 7.34. The van der Waals surface area contributed by atoms with Crippen molar-refractivity contribution in [3.63, 3.8) is 0 Å². The summed E-state index contributed by atoms with van der Waals surface area (Å²) in [7, 11) is 1.54. The molecule has 4 atom stereocenters. The zero-order chi connectivity index (χ0) is 18.9. The molecule has 1 aromatic rings. The molecule has 2 aliphatic heterocycles. The Bertz CT molecular complexity index is 656. The van der Waals surface area contributed by atoms with Gasteiger partial charge in [0.25, 0.3) is 0 Å². The number of nitrogens with zero attached hydrogens (tertiary/aromatic N) is 1. The first kappa shape index (κ1) is 18.8. The summed E-state index contributed by atoms with van der Waals surface area (Å²) in [5.41, 5.74) is 0.0326. The largest absolute Gasteiger partial charge is 0.442 e. The molecule has 0 saturated carbocycles. The van der Waals surface area contributed by atoms with Crippen molar-refractivity contribution in [3.05, 3.63) is 35.9 Å². The van der Waals surface area contributed by atoms with Crippen LogP contribution >= 0.6 is 0 Å². The number of hydrogen-bond acceptors (Lipinski definition) is 6. The van der Waals surface area contributed by atoms with Gasteiger partial charge in [-0.2, -0.15) is 5.06 Å². The van der Waals surface area contributed by atoms with Crippen LogP contribution in [-0.4, -0.2) is 48.8 Å². The molecule has 7 nitrogen and oxygen atoms in total. The molecule has 0 aliphatic carbocycles. The number of hydroxylamine groups is 2. The number of rotatable bonds is 4. The lowest BCUT2D eigenvalue weighted by atomic mass is 9.88. The van der Waals surface area contributed by atoms with Crippen molar-refractivity contribution in [2.75, 3.05) is 13.7 Å². The smallest absolute Gasteiger partial charge is 0.434 e. The van der Waals surface area contributed by atoms with Gasteiger partial charge in [-0.3, -0.25) is 4.79 Å². The minimum atomic E-state index is -0.624. The first-order valence-corrected chi connectivity index (χ1v) is 8.72. The van der Waals surface area contributed by atoms with Crippen molar-refractivity contribution >= 4 is 11.9 Å². The zero-order valence-electron chi connectivity index (χ0n) is 15.5. The molecule has 1 aromatic carbocycles. The molecule has 0 spiro atoms. The average molecular weight is 363 g/mol. The molecular formula is C19H25NO6. The average Bonchev–Trinajstić information content (AvgIpc) is 3.13. The molecule has 1 amide bonds. The van der Waals surface area contributed by atoms with Gasteiger partial charge in [-0.1, -0.05) is 30.3 Å². The van der Waals surface area contributed by atoms with E-state index in [0.717, 1.165) is 0 Å². The molecule has 0 unspecified atom stereocenters. The van der Waals surface area contributed by atoms with Crippen LogP contribution < -0.4 is 0 Å². The summed E-state index contributed by atoms with van der Waals surface area (Å²) in [6.07, 6.45) is -1.47. The highest BCUT2D eigenvalue weighted by Gasteiger charge is 2.53. The lowest BCUT2D eigenvalue weighted by Crippen LogP contribution is -2.37. The second-order valence-electron chi connectivity index (χ2n) is 7.58. The summed E-state index contributed by atoms with van der Waals surface area (Å²) in [4.78, 5) is 30.4. The molecule has 2 heterocycles. The number of amides is 1. The van der Waals surface area contributed by atoms with Crippen molar-refractivity contribution in [3.8, 4) is 0 Å². The Labute approximate surface area is 153 Å². The van der Waals surface area contributed by atoms with E-state index in [0.29, 0.717) is 12.1 Å². The Hall–Kier alpha value is -1.96. The van der Waals surface area contributed by atoms with E-state index in [4.69, 9.17) is 19.0 Å². The highest BCUT2D eigenvalue weighted by Crippen LogP contribution is 2.41. The normalized spacial score (nSPS) is 28.1. The quantitative estimate of drug-likeness (QED) is 0.766. The molecule has 0 bridgehead atoms. The van der Waals surface area contributed by atoms with Gasteiger partial charge in [-0.15, -0.1) is 0 Å². The maximum Gasteiger partial charge on any atom is 0.434 e. The fourth-order valence-electron chi connectivity index (χ4n) is 3.29. The van der Waals surface area contributed by atoms with Crippen LogP contribution in [0.15, 0.2) is 30.3 Å². The minimum absolute atomic E-state index is 0.0117. The van der Waals surface area contributed by atoms with Crippen LogP contribution in [0.2, 0.25) is 0 Å². The fourth-order valence-corrected chi connectivity index (χ4v) is 3.29. The predicted molar refractivity (Wildman–Crippen MR) is 92.1 cm³/mol. The van der Waals surface area contributed by atoms with Crippen LogP contribution in [0, 0.1) is 11.8 Å². The maximum absolute atomic E-state index is 12.6. The first-order valence-electron chi connectivity index (χ1n) is 8.72. The molecule has 0 radical (unpaired) electrons. The van der Waals surface area contributed by atoms with Gasteiger partial charge in [0.2, 0.25) is 0 Å². The van der Waals surface area contributed by atoms with E-state index in [1.165, 1.54) is 12.2 Å². The van der Waals surface area contributed by atoms with Crippen LogP contribution in [0.5, 0.6) is 0 Å². The zero-order valence-corrected chi connectivity index (χ0v) is 15.5. The summed E-state index contributed by atoms with van der Waals surface area (Å²) in [5, 5.41) is 1.17. The standard InChI is InChI=1S/C19H25NO6/c1-19(2,3)25-18(22)20-11-14-13(16(23-4)24-17(14)26-20)10-15(21)12-8-6-5-7-9-12/h5-9,13-14,16-17H,10-11H2,1-4H3/t13-,14+,16+,17+/m0/s1. The number of Topliss-reactive ketones (excluding diaryl/α,β-unsaturated/α-hetero) is 1. The monoisotopic (exact) mass is 363 g/mol. The Morgan fingerprint density at radius 3 is 2.54 bits per heavy atom. The molecule has 3 rings (SSSR count). The van der Waals surface area contributed by atoms with Gasteiger partial charge in [-0.25, -0.2) is 9.63 Å². The molecule has 2 aliphatic rings. The van der Waals surface area contributed by atoms with Gasteiger partial charge in [0, 0.05) is 30.9 Å². The summed E-state index contributed by atoms with van der Waals surface area (Å²) in [5.74, 6) is -0.345. The van der Waals surface area contributed by atoms with E-state index in [1.54, 1.807) is 32.9 Å². The molecule has 7 heteroatoms. The predicted octanol–water partition coefficient (Wildman–Crippen LogP) is 3.00. The molecule has 26 heavy (non-hydrogen) atoms. The third-order valence-electron chi connectivity index (χ3n) is 4.47. The van der Waals surface area contributed by atoms with Gasteiger partial charge in [-0.05, 0) is 20.8 Å². The van der Waals surface area contributed by atoms with Gasteiger partial charge in [0.15, 0.2) is 18.4 Å². The molecule has 0 N–H and O–H groups in total. The molecule has 2 saturated heterocycles. The van der Waals surface area contributed by atoms with E-state index in [-0.39, 0.29) is 24.0 Å². The Morgan fingerprint density at radius 1 is 1.23 bits per heavy atom. The van der Waals surface area contributed by atoms with Gasteiger partial charge in [0.1, 0.15) is 5.60 Å². The van der Waals surface area contributed by atoms with E-state index in [2.05, 4.69) is 0 Å². The van der Waals surface area contributed by atoms with Crippen molar-refractivity contribution in [1.82, 2.24) is 5.06 Å². The van der Waals surface area contributed by atoms with Crippen LogP contribution in [0.25, 0.3) is 0 Å². The maximum atomic E-state index is 12.6. The number of fused-ring (bicyclic) bond motifs is 1. The van der Waals surface area contributed by atoms with Crippen LogP contribution in [0.1, 0.15) is 37.6 Å². The number of carbonyl (C=O) groups is 2. The molecule has 142 valence electrons. The molecular weight excluding hydrogens is 338 g/mol. The topological polar surface area (TPSA) is 74.3 Å². The van der Waals surface area contributed by atoms with E-state index < -0.39 is 24.3 Å².